The van der Waals surface area contributed by atoms with Gasteiger partial charge in [-0.05, 0) is 36.6 Å². The zero-order chi connectivity index (χ0) is 21.8. The molecule has 7 nitrogen and oxygen atoms in total. The predicted octanol–water partition coefficient (Wildman–Crippen LogP) is 2.67. The Hall–Kier alpha value is -2.61. The molecule has 2 aliphatic heterocycles. The van der Waals surface area contributed by atoms with E-state index in [2.05, 4.69) is 17.8 Å². The highest BCUT2D eigenvalue weighted by Gasteiger charge is 2.55. The Kier molecular flexibility index (Phi) is 6.75. The lowest BCUT2D eigenvalue weighted by molar-refractivity contribution is -0.130. The van der Waals surface area contributed by atoms with Crippen molar-refractivity contribution in [1.29, 1.82) is 0 Å². The van der Waals surface area contributed by atoms with Gasteiger partial charge in [-0.2, -0.15) is 0 Å². The molecule has 4 rings (SSSR count). The first-order valence-corrected chi connectivity index (χ1v) is 11.1. The molecule has 0 aromatic heterocycles. The topological polar surface area (TPSA) is 94.1 Å². The summed E-state index contributed by atoms with van der Waals surface area (Å²) in [4.78, 5) is 15.1. The van der Waals surface area contributed by atoms with Crippen LogP contribution in [0.5, 0.6) is 11.5 Å². The van der Waals surface area contributed by atoms with Crippen LogP contribution in [0.2, 0.25) is 0 Å². The number of carbonyl (C=O) groups is 1. The Bertz CT molecular complexity index is 906. The SMILES string of the molecule is CCCCOc1cccc(C2C3C(NNC3c3ccccc3O)C(=O)N2CCCO)c1. The molecule has 2 aliphatic rings. The largest absolute Gasteiger partial charge is 0.508 e. The zero-order valence-electron chi connectivity index (χ0n) is 17.8. The minimum absolute atomic E-state index is 0.00572. The number of hydrogen-bond acceptors (Lipinski definition) is 6. The van der Waals surface area contributed by atoms with Crippen molar-refractivity contribution in [2.24, 2.45) is 5.92 Å². The Labute approximate surface area is 183 Å². The fourth-order valence-electron chi connectivity index (χ4n) is 4.73. The van der Waals surface area contributed by atoms with E-state index >= 15 is 0 Å². The van der Waals surface area contributed by atoms with E-state index in [0.717, 1.165) is 29.7 Å². The number of likely N-dealkylation sites (tertiary alicyclic amines) is 1. The van der Waals surface area contributed by atoms with E-state index < -0.39 is 6.04 Å². The van der Waals surface area contributed by atoms with Gasteiger partial charge in [-0.25, -0.2) is 10.9 Å². The third-order valence-corrected chi connectivity index (χ3v) is 6.21. The van der Waals surface area contributed by atoms with E-state index in [4.69, 9.17) is 4.74 Å². The monoisotopic (exact) mass is 425 g/mol. The normalized spacial score (nSPS) is 25.1. The smallest absolute Gasteiger partial charge is 0.242 e. The molecule has 0 radical (unpaired) electrons. The number of aliphatic hydroxyl groups is 1. The van der Waals surface area contributed by atoms with E-state index in [1.165, 1.54) is 0 Å². The number of hydrogen-bond donors (Lipinski definition) is 4. The number of aromatic hydroxyl groups is 1. The summed E-state index contributed by atoms with van der Waals surface area (Å²) in [5.41, 5.74) is 8.16. The maximum Gasteiger partial charge on any atom is 0.242 e. The van der Waals surface area contributed by atoms with Crippen LogP contribution in [0.3, 0.4) is 0 Å². The summed E-state index contributed by atoms with van der Waals surface area (Å²) < 4.78 is 5.92. The minimum atomic E-state index is -0.405. The number of ether oxygens (including phenoxy) is 1. The maximum absolute atomic E-state index is 13.3. The second kappa shape index (κ2) is 9.68. The van der Waals surface area contributed by atoms with Gasteiger partial charge in [0.05, 0.1) is 18.7 Å². The molecule has 2 fully saturated rings. The summed E-state index contributed by atoms with van der Waals surface area (Å²) in [5, 5.41) is 19.9. The Morgan fingerprint density at radius 3 is 2.65 bits per heavy atom. The highest BCUT2D eigenvalue weighted by Crippen LogP contribution is 2.48. The number of carbonyl (C=O) groups excluding carboxylic acids is 1. The fourth-order valence-corrected chi connectivity index (χ4v) is 4.73. The van der Waals surface area contributed by atoms with Gasteiger partial charge in [-0.3, -0.25) is 4.79 Å². The molecule has 166 valence electrons. The lowest BCUT2D eigenvalue weighted by atomic mass is 9.83. The lowest BCUT2D eigenvalue weighted by Gasteiger charge is -2.31. The molecule has 0 saturated carbocycles. The molecule has 4 unspecified atom stereocenters. The zero-order valence-corrected chi connectivity index (χ0v) is 17.8. The first-order chi connectivity index (χ1) is 15.2. The van der Waals surface area contributed by atoms with E-state index in [1.807, 2.05) is 41.3 Å². The van der Waals surface area contributed by atoms with Crippen molar-refractivity contribution in [2.45, 2.75) is 44.3 Å². The van der Waals surface area contributed by atoms with Gasteiger partial charge in [-0.15, -0.1) is 0 Å². The minimum Gasteiger partial charge on any atom is -0.508 e. The third kappa shape index (κ3) is 4.26. The lowest BCUT2D eigenvalue weighted by Crippen LogP contribution is -2.41. The highest BCUT2D eigenvalue weighted by atomic mass is 16.5. The van der Waals surface area contributed by atoms with Gasteiger partial charge >= 0.3 is 0 Å². The van der Waals surface area contributed by atoms with E-state index in [0.29, 0.717) is 19.6 Å². The summed E-state index contributed by atoms with van der Waals surface area (Å²) >= 11 is 0. The van der Waals surface area contributed by atoms with Crippen LogP contribution in [-0.2, 0) is 4.79 Å². The van der Waals surface area contributed by atoms with Crippen molar-refractivity contribution < 1.29 is 19.7 Å². The molecule has 2 aromatic rings. The molecule has 2 saturated heterocycles. The number of hydrazine groups is 1. The number of nitrogens with one attached hydrogen (secondary N) is 2. The van der Waals surface area contributed by atoms with E-state index in [-0.39, 0.29) is 36.3 Å². The van der Waals surface area contributed by atoms with Crippen LogP contribution in [0.1, 0.15) is 49.4 Å². The van der Waals surface area contributed by atoms with Gasteiger partial charge in [-0.1, -0.05) is 43.7 Å². The summed E-state index contributed by atoms with van der Waals surface area (Å²) in [6.45, 7) is 3.29. The highest BCUT2D eigenvalue weighted by molar-refractivity contribution is 5.86. The first-order valence-electron chi connectivity index (χ1n) is 11.1. The summed E-state index contributed by atoms with van der Waals surface area (Å²) in [7, 11) is 0. The number of amides is 1. The van der Waals surface area contributed by atoms with Crippen molar-refractivity contribution in [3.8, 4) is 11.5 Å². The average Bonchev–Trinajstić information content (AvgIpc) is 3.32. The second-order valence-electron chi connectivity index (χ2n) is 8.21. The Morgan fingerprint density at radius 1 is 1.06 bits per heavy atom. The van der Waals surface area contributed by atoms with Crippen LogP contribution >= 0.6 is 0 Å². The van der Waals surface area contributed by atoms with Crippen LogP contribution in [0.15, 0.2) is 48.5 Å². The number of fused-ring (bicyclic) bond motifs is 1. The fraction of sp³-hybridized carbons (Fsp3) is 0.458. The Morgan fingerprint density at radius 2 is 1.87 bits per heavy atom. The van der Waals surface area contributed by atoms with E-state index in [1.54, 1.807) is 12.1 Å². The summed E-state index contributed by atoms with van der Waals surface area (Å²) in [6, 6.07) is 14.3. The second-order valence-corrected chi connectivity index (χ2v) is 8.21. The molecule has 4 N–H and O–H groups in total. The first kappa shape index (κ1) is 21.6. The number of aliphatic hydroxyl groups excluding tert-OH is 1. The number of para-hydroxylation sites is 1. The molecule has 2 aromatic carbocycles. The Balaban J connectivity index is 1.70. The van der Waals surface area contributed by atoms with E-state index in [9.17, 15) is 15.0 Å². The molecule has 0 bridgehead atoms. The van der Waals surface area contributed by atoms with Crippen LogP contribution in [0.4, 0.5) is 0 Å². The number of phenols is 1. The molecule has 0 spiro atoms. The molecule has 0 aliphatic carbocycles. The van der Waals surface area contributed by atoms with Crippen molar-refractivity contribution in [1.82, 2.24) is 15.8 Å². The van der Waals surface area contributed by atoms with Crippen LogP contribution in [0.25, 0.3) is 0 Å². The quantitative estimate of drug-likeness (QED) is 0.462. The van der Waals surface area contributed by atoms with Crippen LogP contribution < -0.4 is 15.6 Å². The molecule has 4 atom stereocenters. The molecular formula is C24H31N3O4. The standard InChI is InChI=1S/C24H31N3O4/c1-2-3-14-31-17-9-6-8-16(15-17)23-20-21(18-10-4-5-11-19(18)29)25-26-22(20)24(30)27(23)12-7-13-28/h4-6,8-11,15,20-23,25-26,28-29H,2-3,7,12-14H2,1H3. The molecule has 31 heavy (non-hydrogen) atoms. The molecule has 7 heteroatoms. The molecule has 2 heterocycles. The van der Waals surface area contributed by atoms with Crippen molar-refractivity contribution in [2.75, 3.05) is 19.8 Å². The van der Waals surface area contributed by atoms with Crippen molar-refractivity contribution in [3.63, 3.8) is 0 Å². The van der Waals surface area contributed by atoms with Crippen LogP contribution in [-0.4, -0.2) is 46.8 Å². The average molecular weight is 426 g/mol. The van der Waals surface area contributed by atoms with Gasteiger partial charge in [0, 0.05) is 24.6 Å². The maximum atomic E-state index is 13.3. The molecule has 1 amide bonds. The number of nitrogens with zero attached hydrogens (tertiary/aromatic N) is 1. The van der Waals surface area contributed by atoms with Crippen molar-refractivity contribution in [3.05, 3.63) is 59.7 Å². The van der Waals surface area contributed by atoms with Gasteiger partial charge in [0.2, 0.25) is 5.91 Å². The summed E-state index contributed by atoms with van der Waals surface area (Å²) in [6.07, 6.45) is 2.57. The number of phenolic OH excluding ortho intramolecular Hbond substituents is 1. The van der Waals surface area contributed by atoms with Crippen molar-refractivity contribution >= 4 is 5.91 Å². The third-order valence-electron chi connectivity index (χ3n) is 6.21. The van der Waals surface area contributed by atoms with Gasteiger partial charge in [0.1, 0.15) is 17.5 Å². The molecular weight excluding hydrogens is 394 g/mol. The predicted molar refractivity (Wildman–Crippen MR) is 117 cm³/mol. The van der Waals surface area contributed by atoms with Gasteiger partial charge < -0.3 is 19.8 Å². The number of unbranched alkanes of at least 4 members (excludes halogenated alkanes) is 1. The van der Waals surface area contributed by atoms with Gasteiger partial charge in [0.25, 0.3) is 0 Å². The number of benzene rings is 2. The van der Waals surface area contributed by atoms with Crippen LogP contribution in [0, 0.1) is 5.92 Å². The van der Waals surface area contributed by atoms with Gasteiger partial charge in [0.15, 0.2) is 0 Å². The summed E-state index contributed by atoms with van der Waals surface area (Å²) in [5.74, 6) is 0.887. The number of rotatable bonds is 9.